The summed E-state index contributed by atoms with van der Waals surface area (Å²) in [7, 11) is -3.78. The number of primary sulfonamides is 1. The molecule has 0 fully saturated rings. The fourth-order valence-corrected chi connectivity index (χ4v) is 4.47. The summed E-state index contributed by atoms with van der Waals surface area (Å²) in [4.78, 5) is 30.0. The second-order valence-corrected chi connectivity index (χ2v) is 9.53. The molecule has 4 rings (SSSR count). The zero-order chi connectivity index (χ0) is 23.4. The van der Waals surface area contributed by atoms with Gasteiger partial charge in [0.25, 0.3) is 5.56 Å². The number of aromatic nitrogens is 3. The molecule has 0 spiro atoms. The summed E-state index contributed by atoms with van der Waals surface area (Å²) in [6, 6.07) is 14.7. The molecule has 0 radical (unpaired) electrons. The van der Waals surface area contributed by atoms with Crippen LogP contribution in [0.3, 0.4) is 0 Å². The highest BCUT2D eigenvalue weighted by Crippen LogP contribution is 2.19. The number of anilines is 1. The Hall–Kier alpha value is -3.48. The smallest absolute Gasteiger partial charge is 0.262 e. The van der Waals surface area contributed by atoms with Crippen LogP contribution in [0, 0.1) is 0 Å². The molecule has 0 saturated carbocycles. The summed E-state index contributed by atoms with van der Waals surface area (Å²) < 4.78 is 29.1. The van der Waals surface area contributed by atoms with Gasteiger partial charge in [-0.2, -0.15) is 0 Å². The van der Waals surface area contributed by atoms with E-state index in [2.05, 4.69) is 15.5 Å². The monoisotopic (exact) mass is 485 g/mol. The average Bonchev–Trinajstić information content (AvgIpc) is 3.30. The second-order valence-electron chi connectivity index (χ2n) is 7.03. The predicted molar refractivity (Wildman–Crippen MR) is 123 cm³/mol. The van der Waals surface area contributed by atoms with Crippen molar-refractivity contribution < 1.29 is 17.7 Å². The molecule has 0 aliphatic carbocycles. The Morgan fingerprint density at radius 1 is 1.12 bits per heavy atom. The summed E-state index contributed by atoms with van der Waals surface area (Å²) in [5, 5.41) is 12.2. The molecular formula is C21H19N5O5S2. The number of aryl methyl sites for hydroxylation is 1. The Bertz CT molecular complexity index is 1450. The van der Waals surface area contributed by atoms with Gasteiger partial charge in [0, 0.05) is 12.6 Å². The van der Waals surface area contributed by atoms with E-state index >= 15 is 0 Å². The minimum Gasteiger partial charge on any atom is -0.363 e. The number of thioether (sulfide) groups is 1. The molecule has 4 aromatic rings. The number of nitrogens with zero attached hydrogens (tertiary/aromatic N) is 3. The van der Waals surface area contributed by atoms with E-state index < -0.39 is 10.0 Å². The fourth-order valence-electron chi connectivity index (χ4n) is 3.13. The first-order valence-corrected chi connectivity index (χ1v) is 12.3. The van der Waals surface area contributed by atoms with E-state index in [0.717, 1.165) is 17.3 Å². The Labute approximate surface area is 192 Å². The first kappa shape index (κ1) is 22.7. The first-order chi connectivity index (χ1) is 15.8. The predicted octanol–water partition coefficient (Wildman–Crippen LogP) is 2.01. The van der Waals surface area contributed by atoms with Gasteiger partial charge in [0.15, 0.2) is 11.0 Å². The number of benzene rings is 2. The minimum absolute atomic E-state index is 0.0146. The van der Waals surface area contributed by atoms with E-state index in [4.69, 9.17) is 9.66 Å². The molecule has 10 nitrogen and oxygen atoms in total. The zero-order valence-electron chi connectivity index (χ0n) is 17.2. The lowest BCUT2D eigenvalue weighted by atomic mass is 10.1. The van der Waals surface area contributed by atoms with Crippen LogP contribution in [0.1, 0.15) is 5.56 Å². The third-order valence-electron chi connectivity index (χ3n) is 4.74. The van der Waals surface area contributed by atoms with Gasteiger partial charge in [0.2, 0.25) is 15.9 Å². The van der Waals surface area contributed by atoms with Gasteiger partial charge in [-0.25, -0.2) is 18.5 Å². The molecular weight excluding hydrogens is 466 g/mol. The van der Waals surface area contributed by atoms with Crippen LogP contribution in [0.4, 0.5) is 5.82 Å². The van der Waals surface area contributed by atoms with Crippen molar-refractivity contribution in [3.05, 3.63) is 76.8 Å². The van der Waals surface area contributed by atoms with E-state index in [9.17, 15) is 18.0 Å². The SMILES string of the molecule is NS(=O)(=O)c1ccc(CCn2c(SCC(=O)Nc3ccon3)nc3ccccc3c2=O)cc1. The van der Waals surface area contributed by atoms with E-state index in [1.807, 2.05) is 0 Å². The molecule has 2 heterocycles. The average molecular weight is 486 g/mol. The lowest BCUT2D eigenvalue weighted by molar-refractivity contribution is -0.113. The van der Waals surface area contributed by atoms with Gasteiger partial charge in [-0.15, -0.1) is 0 Å². The number of sulfonamides is 1. The molecule has 0 unspecified atom stereocenters. The Balaban J connectivity index is 1.56. The van der Waals surface area contributed by atoms with Crippen LogP contribution in [-0.4, -0.2) is 34.8 Å². The molecule has 0 aliphatic heterocycles. The van der Waals surface area contributed by atoms with E-state index in [1.165, 1.54) is 29.0 Å². The number of amides is 1. The van der Waals surface area contributed by atoms with Crippen LogP contribution in [0.2, 0.25) is 0 Å². The Morgan fingerprint density at radius 3 is 2.58 bits per heavy atom. The summed E-state index contributed by atoms with van der Waals surface area (Å²) in [6.07, 6.45) is 1.80. The van der Waals surface area contributed by atoms with E-state index in [-0.39, 0.29) is 22.1 Å². The maximum absolute atomic E-state index is 13.1. The van der Waals surface area contributed by atoms with Crippen LogP contribution < -0.4 is 16.0 Å². The molecule has 170 valence electrons. The van der Waals surface area contributed by atoms with Crippen molar-refractivity contribution in [3.8, 4) is 0 Å². The van der Waals surface area contributed by atoms with Crippen LogP contribution in [-0.2, 0) is 27.8 Å². The third-order valence-corrected chi connectivity index (χ3v) is 6.65. The number of rotatable bonds is 8. The van der Waals surface area contributed by atoms with Crippen molar-refractivity contribution in [2.45, 2.75) is 23.0 Å². The second kappa shape index (κ2) is 9.57. The molecule has 2 aromatic carbocycles. The topological polar surface area (TPSA) is 150 Å². The van der Waals surface area contributed by atoms with E-state index in [1.54, 1.807) is 36.4 Å². The number of carbonyl (C=O) groups is 1. The van der Waals surface area contributed by atoms with Crippen molar-refractivity contribution in [2.75, 3.05) is 11.1 Å². The number of hydrogen-bond donors (Lipinski definition) is 2. The van der Waals surface area contributed by atoms with Crippen LogP contribution in [0.25, 0.3) is 10.9 Å². The highest BCUT2D eigenvalue weighted by atomic mass is 32.2. The number of nitrogens with one attached hydrogen (secondary N) is 1. The number of nitrogens with two attached hydrogens (primary N) is 1. The minimum atomic E-state index is -3.78. The van der Waals surface area contributed by atoms with Crippen molar-refractivity contribution >= 4 is 44.4 Å². The quantitative estimate of drug-likeness (QED) is 0.284. The van der Waals surface area contributed by atoms with Crippen LogP contribution >= 0.6 is 11.8 Å². The largest absolute Gasteiger partial charge is 0.363 e. The van der Waals surface area contributed by atoms with Crippen LogP contribution in [0.15, 0.2) is 80.2 Å². The number of para-hydroxylation sites is 1. The lowest BCUT2D eigenvalue weighted by Gasteiger charge is -2.13. The fraction of sp³-hybridized carbons (Fsp3) is 0.143. The van der Waals surface area contributed by atoms with Gasteiger partial charge in [0.1, 0.15) is 6.26 Å². The third kappa shape index (κ3) is 5.48. The van der Waals surface area contributed by atoms with Crippen molar-refractivity contribution in [3.63, 3.8) is 0 Å². The molecule has 0 aliphatic rings. The lowest BCUT2D eigenvalue weighted by Crippen LogP contribution is -2.25. The van der Waals surface area contributed by atoms with Gasteiger partial charge in [-0.05, 0) is 36.2 Å². The number of carbonyl (C=O) groups excluding carboxylic acids is 1. The molecule has 1 amide bonds. The van der Waals surface area contributed by atoms with Crippen molar-refractivity contribution in [1.29, 1.82) is 0 Å². The van der Waals surface area contributed by atoms with Gasteiger partial charge in [0.05, 0.1) is 21.6 Å². The summed E-state index contributed by atoms with van der Waals surface area (Å²) in [5.74, 6) is -0.00501. The molecule has 33 heavy (non-hydrogen) atoms. The first-order valence-electron chi connectivity index (χ1n) is 9.75. The summed E-state index contributed by atoms with van der Waals surface area (Å²) >= 11 is 1.13. The molecule has 0 atom stereocenters. The Morgan fingerprint density at radius 2 is 1.88 bits per heavy atom. The highest BCUT2D eigenvalue weighted by molar-refractivity contribution is 7.99. The highest BCUT2D eigenvalue weighted by Gasteiger charge is 2.14. The van der Waals surface area contributed by atoms with Gasteiger partial charge in [-0.1, -0.05) is 41.2 Å². The normalized spacial score (nSPS) is 11.5. The van der Waals surface area contributed by atoms with Crippen molar-refractivity contribution in [1.82, 2.24) is 14.7 Å². The molecule has 12 heteroatoms. The van der Waals surface area contributed by atoms with Crippen LogP contribution in [0.5, 0.6) is 0 Å². The molecule has 0 bridgehead atoms. The summed E-state index contributed by atoms with van der Waals surface area (Å²) in [5.41, 5.74) is 1.14. The molecule has 0 saturated heterocycles. The van der Waals surface area contributed by atoms with Gasteiger partial charge in [-0.3, -0.25) is 14.2 Å². The van der Waals surface area contributed by atoms with Gasteiger partial charge < -0.3 is 9.84 Å². The number of hydrogen-bond acceptors (Lipinski definition) is 8. The van der Waals surface area contributed by atoms with Crippen molar-refractivity contribution in [2.24, 2.45) is 5.14 Å². The standard InChI is InChI=1S/C21H19N5O5S2/c22-33(29,30)15-7-5-14(6-8-15)9-11-26-20(28)16-3-1-2-4-17(16)23-21(26)32-13-19(27)24-18-10-12-31-25-18/h1-8,10,12H,9,11,13H2,(H2,22,29,30)(H,24,25,27). The number of fused-ring (bicyclic) bond motifs is 1. The summed E-state index contributed by atoms with van der Waals surface area (Å²) in [6.45, 7) is 0.290. The van der Waals surface area contributed by atoms with E-state index in [0.29, 0.717) is 34.8 Å². The zero-order valence-corrected chi connectivity index (χ0v) is 18.8. The maximum atomic E-state index is 13.1. The maximum Gasteiger partial charge on any atom is 0.262 e. The molecule has 3 N–H and O–H groups in total. The van der Waals surface area contributed by atoms with Gasteiger partial charge >= 0.3 is 0 Å². The Kier molecular flexibility index (Phi) is 6.58. The molecule has 2 aromatic heterocycles.